The standard InChI is InChI=1S/C24H29N5O2/c1-16-15-22-25-17(2)19(18(3)29(22)27-16)11-12-23(30)26-21-10-6-5-9-20(21)24(31)28-13-7-4-8-14-28/h5-6,9-10,15H,4,7-8,11-14H2,1-3H3,(H,26,30). The van der Waals surface area contributed by atoms with Gasteiger partial charge in [0.05, 0.1) is 16.9 Å². The normalized spacial score (nSPS) is 14.1. The zero-order chi connectivity index (χ0) is 22.0. The van der Waals surface area contributed by atoms with E-state index in [4.69, 9.17) is 0 Å². The molecule has 1 fully saturated rings. The van der Waals surface area contributed by atoms with E-state index in [1.165, 1.54) is 6.42 Å². The van der Waals surface area contributed by atoms with E-state index >= 15 is 0 Å². The zero-order valence-corrected chi connectivity index (χ0v) is 18.4. The third-order valence-corrected chi connectivity index (χ3v) is 5.96. The first-order valence-corrected chi connectivity index (χ1v) is 10.9. The van der Waals surface area contributed by atoms with Crippen molar-refractivity contribution in [3.63, 3.8) is 0 Å². The van der Waals surface area contributed by atoms with E-state index in [1.54, 1.807) is 12.1 Å². The summed E-state index contributed by atoms with van der Waals surface area (Å²) in [4.78, 5) is 32.2. The van der Waals surface area contributed by atoms with E-state index in [-0.39, 0.29) is 11.8 Å². The number of fused-ring (bicyclic) bond motifs is 1. The molecule has 1 aromatic carbocycles. The van der Waals surface area contributed by atoms with Crippen LogP contribution in [-0.2, 0) is 11.2 Å². The van der Waals surface area contributed by atoms with Crippen LogP contribution in [0, 0.1) is 20.8 Å². The van der Waals surface area contributed by atoms with Gasteiger partial charge in [0.25, 0.3) is 5.91 Å². The highest BCUT2D eigenvalue weighted by Gasteiger charge is 2.21. The highest BCUT2D eigenvalue weighted by molar-refractivity contribution is 6.03. The molecule has 7 heteroatoms. The molecule has 0 spiro atoms. The predicted octanol–water partition coefficient (Wildman–Crippen LogP) is 3.85. The van der Waals surface area contributed by atoms with Gasteiger partial charge in [-0.3, -0.25) is 9.59 Å². The Hall–Kier alpha value is -3.22. The number of hydrogen-bond donors (Lipinski definition) is 1. The highest BCUT2D eigenvalue weighted by atomic mass is 16.2. The summed E-state index contributed by atoms with van der Waals surface area (Å²) < 4.78 is 1.84. The van der Waals surface area contributed by atoms with E-state index in [2.05, 4.69) is 15.4 Å². The van der Waals surface area contributed by atoms with E-state index < -0.39 is 0 Å². The van der Waals surface area contributed by atoms with E-state index in [0.717, 1.165) is 54.2 Å². The molecular weight excluding hydrogens is 390 g/mol. The smallest absolute Gasteiger partial charge is 0.255 e. The van der Waals surface area contributed by atoms with Crippen molar-refractivity contribution in [2.24, 2.45) is 0 Å². The number of rotatable bonds is 5. The molecule has 0 saturated carbocycles. The molecule has 7 nitrogen and oxygen atoms in total. The van der Waals surface area contributed by atoms with Gasteiger partial charge in [-0.05, 0) is 64.2 Å². The van der Waals surface area contributed by atoms with Crippen LogP contribution in [0.25, 0.3) is 5.65 Å². The molecule has 1 saturated heterocycles. The number of anilines is 1. The number of nitrogens with zero attached hydrogens (tertiary/aromatic N) is 4. The Labute approximate surface area is 182 Å². The Bertz CT molecular complexity index is 1130. The lowest BCUT2D eigenvalue weighted by Crippen LogP contribution is -2.36. The van der Waals surface area contributed by atoms with Crippen molar-refractivity contribution in [3.05, 3.63) is 58.5 Å². The number of aryl methyl sites for hydroxylation is 3. The first-order valence-electron chi connectivity index (χ1n) is 10.9. The largest absolute Gasteiger partial charge is 0.339 e. The van der Waals surface area contributed by atoms with Gasteiger partial charge < -0.3 is 10.2 Å². The second-order valence-electron chi connectivity index (χ2n) is 8.26. The summed E-state index contributed by atoms with van der Waals surface area (Å²) >= 11 is 0. The van der Waals surface area contributed by atoms with Crippen molar-refractivity contribution >= 4 is 23.1 Å². The van der Waals surface area contributed by atoms with Gasteiger partial charge in [-0.1, -0.05) is 12.1 Å². The molecule has 0 atom stereocenters. The summed E-state index contributed by atoms with van der Waals surface area (Å²) in [5.74, 6) is -0.125. The highest BCUT2D eigenvalue weighted by Crippen LogP contribution is 2.21. The third kappa shape index (κ3) is 4.45. The Morgan fingerprint density at radius 1 is 1.06 bits per heavy atom. The number of para-hydroxylation sites is 1. The Balaban J connectivity index is 1.46. The number of likely N-dealkylation sites (tertiary alicyclic amines) is 1. The molecule has 2 amide bonds. The van der Waals surface area contributed by atoms with E-state index in [1.807, 2.05) is 48.4 Å². The quantitative estimate of drug-likeness (QED) is 0.681. The zero-order valence-electron chi connectivity index (χ0n) is 18.4. The maximum absolute atomic E-state index is 13.0. The maximum Gasteiger partial charge on any atom is 0.255 e. The van der Waals surface area contributed by atoms with Gasteiger partial charge in [0.15, 0.2) is 5.65 Å². The van der Waals surface area contributed by atoms with Crippen LogP contribution in [0.2, 0.25) is 0 Å². The van der Waals surface area contributed by atoms with Crippen molar-refractivity contribution < 1.29 is 9.59 Å². The minimum Gasteiger partial charge on any atom is -0.339 e. The summed E-state index contributed by atoms with van der Waals surface area (Å²) in [6.45, 7) is 7.48. The first-order chi connectivity index (χ1) is 14.9. The number of amides is 2. The van der Waals surface area contributed by atoms with Gasteiger partial charge in [0.1, 0.15) is 0 Å². The molecule has 3 heterocycles. The van der Waals surface area contributed by atoms with Crippen molar-refractivity contribution in [3.8, 4) is 0 Å². The molecule has 0 unspecified atom stereocenters. The van der Waals surface area contributed by atoms with Gasteiger partial charge >= 0.3 is 0 Å². The van der Waals surface area contributed by atoms with Crippen LogP contribution in [0.5, 0.6) is 0 Å². The number of carbonyl (C=O) groups excluding carboxylic acids is 2. The average Bonchev–Trinajstić information content (AvgIpc) is 3.14. The van der Waals surface area contributed by atoms with E-state index in [0.29, 0.717) is 24.1 Å². The van der Waals surface area contributed by atoms with Crippen LogP contribution in [0.3, 0.4) is 0 Å². The molecule has 1 N–H and O–H groups in total. The van der Waals surface area contributed by atoms with Gasteiger partial charge in [-0.15, -0.1) is 0 Å². The average molecular weight is 420 g/mol. The molecule has 31 heavy (non-hydrogen) atoms. The van der Waals surface area contributed by atoms with Gasteiger partial charge in [0, 0.05) is 37.0 Å². The Morgan fingerprint density at radius 2 is 1.81 bits per heavy atom. The fourth-order valence-electron chi connectivity index (χ4n) is 4.30. The molecule has 2 aromatic heterocycles. The van der Waals surface area contributed by atoms with Crippen LogP contribution < -0.4 is 5.32 Å². The maximum atomic E-state index is 13.0. The second-order valence-corrected chi connectivity index (χ2v) is 8.26. The summed E-state index contributed by atoms with van der Waals surface area (Å²) in [6, 6.07) is 9.22. The number of piperidine rings is 1. The number of aromatic nitrogens is 3. The first kappa shape index (κ1) is 21.0. The molecule has 1 aliphatic heterocycles. The monoisotopic (exact) mass is 419 g/mol. The molecule has 162 valence electrons. The molecule has 0 radical (unpaired) electrons. The van der Waals surface area contributed by atoms with Crippen LogP contribution >= 0.6 is 0 Å². The molecule has 3 aromatic rings. The van der Waals surface area contributed by atoms with Crippen molar-refractivity contribution in [2.75, 3.05) is 18.4 Å². The van der Waals surface area contributed by atoms with Crippen molar-refractivity contribution in [2.45, 2.75) is 52.9 Å². The van der Waals surface area contributed by atoms with Crippen LogP contribution in [0.15, 0.2) is 30.3 Å². The minimum absolute atomic E-state index is 0.00834. The van der Waals surface area contributed by atoms with Gasteiger partial charge in [-0.2, -0.15) is 5.10 Å². The Morgan fingerprint density at radius 3 is 2.58 bits per heavy atom. The van der Waals surface area contributed by atoms with Gasteiger partial charge in [-0.25, -0.2) is 9.50 Å². The second kappa shape index (κ2) is 8.88. The van der Waals surface area contributed by atoms with E-state index in [9.17, 15) is 9.59 Å². The lowest BCUT2D eigenvalue weighted by atomic mass is 10.1. The minimum atomic E-state index is -0.116. The topological polar surface area (TPSA) is 79.6 Å². The van der Waals surface area contributed by atoms with Crippen molar-refractivity contribution in [1.29, 1.82) is 0 Å². The summed E-state index contributed by atoms with van der Waals surface area (Å²) in [5.41, 5.74) is 5.82. The molecule has 0 aliphatic carbocycles. The third-order valence-electron chi connectivity index (χ3n) is 5.96. The van der Waals surface area contributed by atoms with Crippen LogP contribution in [-0.4, -0.2) is 44.4 Å². The lowest BCUT2D eigenvalue weighted by molar-refractivity contribution is -0.116. The molecule has 0 bridgehead atoms. The van der Waals surface area contributed by atoms with Gasteiger partial charge in [0.2, 0.25) is 5.91 Å². The lowest BCUT2D eigenvalue weighted by Gasteiger charge is -2.27. The molecule has 4 rings (SSSR count). The summed E-state index contributed by atoms with van der Waals surface area (Å²) in [5, 5.41) is 7.45. The predicted molar refractivity (Wildman–Crippen MR) is 120 cm³/mol. The fraction of sp³-hybridized carbons (Fsp3) is 0.417. The Kier molecular flexibility index (Phi) is 6.02. The summed E-state index contributed by atoms with van der Waals surface area (Å²) in [7, 11) is 0. The van der Waals surface area contributed by atoms with Crippen molar-refractivity contribution in [1.82, 2.24) is 19.5 Å². The van der Waals surface area contributed by atoms with Crippen LogP contribution in [0.4, 0.5) is 5.69 Å². The summed E-state index contributed by atoms with van der Waals surface area (Å²) in [6.07, 6.45) is 4.11. The number of carbonyl (C=O) groups is 2. The number of nitrogens with one attached hydrogen (secondary N) is 1. The number of hydrogen-bond acceptors (Lipinski definition) is 4. The van der Waals surface area contributed by atoms with Crippen LogP contribution in [0.1, 0.15) is 58.7 Å². The fourth-order valence-corrected chi connectivity index (χ4v) is 4.30. The molecular formula is C24H29N5O2. The number of benzene rings is 1. The SMILES string of the molecule is Cc1cc2nc(C)c(CCC(=O)Nc3ccccc3C(=O)N3CCCCC3)c(C)n2n1. The molecule has 1 aliphatic rings.